The van der Waals surface area contributed by atoms with Gasteiger partial charge in [0.05, 0.1) is 0 Å². The molecule has 114 valence electrons. The van der Waals surface area contributed by atoms with Gasteiger partial charge in [-0.15, -0.1) is 0 Å². The summed E-state index contributed by atoms with van der Waals surface area (Å²) in [5, 5.41) is 3.68. The Bertz CT molecular complexity index is 225. The van der Waals surface area contributed by atoms with Gasteiger partial charge in [0.25, 0.3) is 0 Å². The first kappa shape index (κ1) is 17.0. The minimum Gasteiger partial charge on any atom is -0.315 e. The van der Waals surface area contributed by atoms with E-state index in [2.05, 4.69) is 45.0 Å². The normalized spacial score (nSPS) is 19.3. The minimum atomic E-state index is 0.348. The Morgan fingerprint density at radius 2 is 1.58 bits per heavy atom. The highest BCUT2D eigenvalue weighted by molar-refractivity contribution is 4.99. The number of hydrogen-bond acceptors (Lipinski definition) is 2. The highest BCUT2D eigenvalue weighted by Gasteiger charge is 2.40. The van der Waals surface area contributed by atoms with E-state index < -0.39 is 0 Å². The average Bonchev–Trinajstić information content (AvgIpc) is 2.95. The molecule has 1 atom stereocenters. The van der Waals surface area contributed by atoms with Crippen molar-refractivity contribution < 1.29 is 0 Å². The topological polar surface area (TPSA) is 15.3 Å². The smallest absolute Gasteiger partial charge is 0.0357 e. The molecule has 0 aromatic rings. The van der Waals surface area contributed by atoms with Crippen molar-refractivity contribution in [2.45, 2.75) is 84.2 Å². The Hall–Kier alpha value is -0.0800. The summed E-state index contributed by atoms with van der Waals surface area (Å²) in [6.07, 6.45) is 9.70. The minimum absolute atomic E-state index is 0.348. The lowest BCUT2D eigenvalue weighted by Crippen LogP contribution is -2.60. The molecule has 0 aromatic heterocycles. The molecule has 1 aliphatic carbocycles. The summed E-state index contributed by atoms with van der Waals surface area (Å²) in [5.41, 5.74) is 0.348. The lowest BCUT2D eigenvalue weighted by molar-refractivity contribution is 0.0430. The van der Waals surface area contributed by atoms with E-state index in [0.717, 1.165) is 5.92 Å². The molecule has 0 aliphatic heterocycles. The molecule has 1 N–H and O–H groups in total. The van der Waals surface area contributed by atoms with Crippen LogP contribution in [0.3, 0.4) is 0 Å². The zero-order chi connectivity index (χ0) is 14.3. The maximum atomic E-state index is 3.68. The van der Waals surface area contributed by atoms with E-state index in [1.165, 1.54) is 58.0 Å². The molecule has 2 nitrogen and oxygen atoms in total. The molecule has 1 saturated carbocycles. The molecular weight excluding hydrogens is 232 g/mol. The third-order valence-corrected chi connectivity index (χ3v) is 5.66. The fourth-order valence-corrected chi connectivity index (χ4v) is 4.45. The van der Waals surface area contributed by atoms with Gasteiger partial charge in [-0.2, -0.15) is 0 Å². The van der Waals surface area contributed by atoms with Crippen molar-refractivity contribution in [1.29, 1.82) is 0 Å². The molecule has 2 heteroatoms. The number of likely N-dealkylation sites (N-methyl/N-ethyl adjacent to an activating group) is 2. The summed E-state index contributed by atoms with van der Waals surface area (Å²) < 4.78 is 0. The predicted molar refractivity (Wildman–Crippen MR) is 85.7 cm³/mol. The van der Waals surface area contributed by atoms with Gasteiger partial charge in [-0.25, -0.2) is 0 Å². The Morgan fingerprint density at radius 3 is 1.95 bits per heavy atom. The van der Waals surface area contributed by atoms with E-state index in [9.17, 15) is 0 Å². The predicted octanol–water partition coefficient (Wildman–Crippen LogP) is 4.06. The zero-order valence-electron chi connectivity index (χ0n) is 14.0. The van der Waals surface area contributed by atoms with Gasteiger partial charge in [-0.3, -0.25) is 4.90 Å². The third-order valence-electron chi connectivity index (χ3n) is 5.66. The molecule has 1 unspecified atom stereocenters. The quantitative estimate of drug-likeness (QED) is 0.678. The van der Waals surface area contributed by atoms with Crippen molar-refractivity contribution in [1.82, 2.24) is 10.2 Å². The maximum Gasteiger partial charge on any atom is 0.0357 e. The van der Waals surface area contributed by atoms with Crippen LogP contribution in [0, 0.1) is 5.92 Å². The SMILES string of the molecule is CCN(CC)C(CC)(CC)C(CC1CCCC1)NC. The van der Waals surface area contributed by atoms with E-state index in [4.69, 9.17) is 0 Å². The standard InChI is InChI=1S/C17H36N2/c1-6-17(7-2,19(8-3)9-4)16(18-5)14-15-12-10-11-13-15/h15-16,18H,6-14H2,1-5H3. The lowest BCUT2D eigenvalue weighted by Gasteiger charge is -2.48. The zero-order valence-corrected chi connectivity index (χ0v) is 14.0. The van der Waals surface area contributed by atoms with Crippen LogP contribution in [0.2, 0.25) is 0 Å². The molecule has 1 fully saturated rings. The third kappa shape index (κ3) is 3.72. The fraction of sp³-hybridized carbons (Fsp3) is 1.00. The second-order valence-electron chi connectivity index (χ2n) is 6.21. The van der Waals surface area contributed by atoms with Crippen LogP contribution in [0.5, 0.6) is 0 Å². The number of nitrogens with zero attached hydrogens (tertiary/aromatic N) is 1. The van der Waals surface area contributed by atoms with E-state index in [1.54, 1.807) is 0 Å². The molecule has 0 amide bonds. The average molecular weight is 268 g/mol. The maximum absolute atomic E-state index is 3.68. The molecule has 0 radical (unpaired) electrons. The summed E-state index contributed by atoms with van der Waals surface area (Å²) in [5.74, 6) is 0.963. The lowest BCUT2D eigenvalue weighted by atomic mass is 9.78. The Balaban J connectivity index is 2.84. The van der Waals surface area contributed by atoms with Crippen LogP contribution in [-0.4, -0.2) is 36.6 Å². The molecule has 1 rings (SSSR count). The molecular formula is C17H36N2. The number of rotatable bonds is 9. The van der Waals surface area contributed by atoms with Crippen LogP contribution in [0.1, 0.15) is 72.6 Å². The molecule has 0 spiro atoms. The van der Waals surface area contributed by atoms with Gasteiger partial charge in [0.2, 0.25) is 0 Å². The van der Waals surface area contributed by atoms with E-state index in [0.29, 0.717) is 11.6 Å². The molecule has 0 heterocycles. The summed E-state index contributed by atoms with van der Waals surface area (Å²) in [6, 6.07) is 0.644. The van der Waals surface area contributed by atoms with Crippen molar-refractivity contribution in [3.05, 3.63) is 0 Å². The van der Waals surface area contributed by atoms with E-state index in [-0.39, 0.29) is 0 Å². The van der Waals surface area contributed by atoms with Crippen LogP contribution in [0.4, 0.5) is 0 Å². The van der Waals surface area contributed by atoms with E-state index >= 15 is 0 Å². The molecule has 1 aliphatic rings. The van der Waals surface area contributed by atoms with Crippen LogP contribution in [0.15, 0.2) is 0 Å². The Kier molecular flexibility index (Phi) is 7.38. The fourth-order valence-electron chi connectivity index (χ4n) is 4.45. The largest absolute Gasteiger partial charge is 0.315 e. The van der Waals surface area contributed by atoms with Crippen LogP contribution >= 0.6 is 0 Å². The first-order valence-corrected chi connectivity index (χ1v) is 8.60. The number of nitrogens with one attached hydrogen (secondary N) is 1. The Labute approximate surface area is 121 Å². The van der Waals surface area contributed by atoms with Crippen LogP contribution in [0.25, 0.3) is 0 Å². The first-order valence-electron chi connectivity index (χ1n) is 8.60. The van der Waals surface area contributed by atoms with Gasteiger partial charge >= 0.3 is 0 Å². The summed E-state index contributed by atoms with van der Waals surface area (Å²) >= 11 is 0. The van der Waals surface area contributed by atoms with E-state index in [1.807, 2.05) is 0 Å². The van der Waals surface area contributed by atoms with Gasteiger partial charge in [-0.05, 0) is 45.3 Å². The summed E-state index contributed by atoms with van der Waals surface area (Å²) in [4.78, 5) is 2.70. The van der Waals surface area contributed by atoms with Crippen LogP contribution < -0.4 is 5.32 Å². The van der Waals surface area contributed by atoms with Crippen molar-refractivity contribution >= 4 is 0 Å². The monoisotopic (exact) mass is 268 g/mol. The van der Waals surface area contributed by atoms with Crippen molar-refractivity contribution in [2.75, 3.05) is 20.1 Å². The highest BCUT2D eigenvalue weighted by Crippen LogP contribution is 2.35. The summed E-state index contributed by atoms with van der Waals surface area (Å²) in [6.45, 7) is 11.7. The second kappa shape index (κ2) is 8.26. The Morgan fingerprint density at radius 1 is 1.05 bits per heavy atom. The van der Waals surface area contributed by atoms with Crippen molar-refractivity contribution in [3.8, 4) is 0 Å². The molecule has 19 heavy (non-hydrogen) atoms. The van der Waals surface area contributed by atoms with Gasteiger partial charge in [0.15, 0.2) is 0 Å². The number of hydrogen-bond donors (Lipinski definition) is 1. The molecule has 0 aromatic carbocycles. The first-order chi connectivity index (χ1) is 9.18. The van der Waals surface area contributed by atoms with Crippen LogP contribution in [-0.2, 0) is 0 Å². The highest BCUT2D eigenvalue weighted by atomic mass is 15.2. The van der Waals surface area contributed by atoms with Gasteiger partial charge in [0.1, 0.15) is 0 Å². The second-order valence-corrected chi connectivity index (χ2v) is 6.21. The van der Waals surface area contributed by atoms with Gasteiger partial charge < -0.3 is 5.32 Å². The summed E-state index contributed by atoms with van der Waals surface area (Å²) in [7, 11) is 2.17. The van der Waals surface area contributed by atoms with Gasteiger partial charge in [0, 0.05) is 11.6 Å². The van der Waals surface area contributed by atoms with Crippen molar-refractivity contribution in [2.24, 2.45) is 5.92 Å². The molecule has 0 bridgehead atoms. The van der Waals surface area contributed by atoms with Gasteiger partial charge in [-0.1, -0.05) is 53.4 Å². The molecule has 0 saturated heterocycles. The van der Waals surface area contributed by atoms with Crippen molar-refractivity contribution in [3.63, 3.8) is 0 Å².